The maximum atomic E-state index is 11.0. The maximum Gasteiger partial charge on any atom is 0.220 e. The molecule has 1 unspecified atom stereocenters. The Labute approximate surface area is 108 Å². The highest BCUT2D eigenvalue weighted by molar-refractivity contribution is 9.11. The number of carbonyl (C=O) groups is 1. The van der Waals surface area contributed by atoms with Gasteiger partial charge in [0.25, 0.3) is 0 Å². The summed E-state index contributed by atoms with van der Waals surface area (Å²) < 4.78 is 1.19. The zero-order valence-corrected chi connectivity index (χ0v) is 11.4. The van der Waals surface area contributed by atoms with Gasteiger partial charge in [-0.05, 0) is 40.9 Å². The Morgan fingerprint density at radius 3 is 3.06 bits per heavy atom. The number of halogens is 1. The molecule has 0 bridgehead atoms. The van der Waals surface area contributed by atoms with E-state index in [0.717, 1.165) is 25.9 Å². The van der Waals surface area contributed by atoms with Crippen LogP contribution < -0.4 is 10.6 Å². The minimum atomic E-state index is 0.189. The summed E-state index contributed by atoms with van der Waals surface area (Å²) in [5.41, 5.74) is 0. The molecule has 16 heavy (non-hydrogen) atoms. The van der Waals surface area contributed by atoms with Gasteiger partial charge in [-0.25, -0.2) is 0 Å². The summed E-state index contributed by atoms with van der Waals surface area (Å²) in [6.45, 7) is 1.86. The topological polar surface area (TPSA) is 41.1 Å². The molecule has 2 rings (SSSR count). The van der Waals surface area contributed by atoms with E-state index in [9.17, 15) is 4.79 Å². The molecule has 1 fully saturated rings. The number of carbonyl (C=O) groups excluding carboxylic acids is 1. The van der Waals surface area contributed by atoms with Crippen LogP contribution in [0.2, 0.25) is 0 Å². The van der Waals surface area contributed by atoms with Gasteiger partial charge < -0.3 is 10.6 Å². The first-order valence-corrected chi connectivity index (χ1v) is 7.09. The lowest BCUT2D eigenvalue weighted by Crippen LogP contribution is -2.36. The molecule has 0 aromatic carbocycles. The first kappa shape index (κ1) is 12.1. The monoisotopic (exact) mass is 302 g/mol. The summed E-state index contributed by atoms with van der Waals surface area (Å²) in [6.07, 6.45) is 2.71. The van der Waals surface area contributed by atoms with Crippen molar-refractivity contribution in [1.29, 1.82) is 0 Å². The van der Waals surface area contributed by atoms with Gasteiger partial charge in [-0.1, -0.05) is 0 Å². The van der Waals surface area contributed by atoms with Crippen molar-refractivity contribution in [2.75, 3.05) is 13.1 Å². The Bertz CT molecular complexity index is 367. The molecule has 1 saturated heterocycles. The van der Waals surface area contributed by atoms with Crippen LogP contribution in [0.1, 0.15) is 17.7 Å². The highest BCUT2D eigenvalue weighted by Gasteiger charge is 2.19. The highest BCUT2D eigenvalue weighted by atomic mass is 79.9. The van der Waals surface area contributed by atoms with Crippen molar-refractivity contribution in [1.82, 2.24) is 10.6 Å². The summed E-state index contributed by atoms with van der Waals surface area (Å²) >= 11 is 5.23. The van der Waals surface area contributed by atoms with E-state index in [-0.39, 0.29) is 5.91 Å². The fourth-order valence-electron chi connectivity index (χ4n) is 1.80. The smallest absolute Gasteiger partial charge is 0.220 e. The van der Waals surface area contributed by atoms with Gasteiger partial charge in [0.15, 0.2) is 0 Å². The summed E-state index contributed by atoms with van der Waals surface area (Å²) in [6, 6.07) is 4.56. The van der Waals surface area contributed by atoms with Crippen LogP contribution in [0.4, 0.5) is 0 Å². The van der Waals surface area contributed by atoms with Gasteiger partial charge in [0.1, 0.15) is 0 Å². The Morgan fingerprint density at radius 2 is 2.44 bits per heavy atom. The molecule has 5 heteroatoms. The number of rotatable bonds is 5. The lowest BCUT2D eigenvalue weighted by Gasteiger charge is -2.10. The fourth-order valence-corrected chi connectivity index (χ4v) is 3.29. The van der Waals surface area contributed by atoms with Gasteiger partial charge in [0.2, 0.25) is 5.91 Å². The van der Waals surface area contributed by atoms with Crippen molar-refractivity contribution in [3.8, 4) is 0 Å². The van der Waals surface area contributed by atoms with Gasteiger partial charge in [0.05, 0.1) is 3.79 Å². The molecule has 1 aliphatic heterocycles. The van der Waals surface area contributed by atoms with E-state index in [0.29, 0.717) is 12.5 Å². The molecule has 1 aromatic rings. The van der Waals surface area contributed by atoms with Crippen LogP contribution in [-0.2, 0) is 11.2 Å². The van der Waals surface area contributed by atoms with Crippen molar-refractivity contribution in [3.63, 3.8) is 0 Å². The van der Waals surface area contributed by atoms with Gasteiger partial charge >= 0.3 is 0 Å². The van der Waals surface area contributed by atoms with Crippen LogP contribution in [0, 0.1) is 0 Å². The van der Waals surface area contributed by atoms with Crippen LogP contribution in [0.5, 0.6) is 0 Å². The van der Waals surface area contributed by atoms with Crippen molar-refractivity contribution in [2.45, 2.75) is 25.3 Å². The number of hydrogen-bond acceptors (Lipinski definition) is 3. The van der Waals surface area contributed by atoms with Crippen molar-refractivity contribution >= 4 is 33.2 Å². The highest BCUT2D eigenvalue weighted by Crippen LogP contribution is 2.22. The lowest BCUT2D eigenvalue weighted by molar-refractivity contribution is -0.119. The van der Waals surface area contributed by atoms with Crippen molar-refractivity contribution in [3.05, 3.63) is 20.8 Å². The molecule has 0 radical (unpaired) electrons. The first-order valence-electron chi connectivity index (χ1n) is 5.48. The van der Waals surface area contributed by atoms with E-state index >= 15 is 0 Å². The van der Waals surface area contributed by atoms with Crippen LogP contribution in [-0.4, -0.2) is 25.0 Å². The molecule has 0 aliphatic carbocycles. The Morgan fingerprint density at radius 1 is 1.56 bits per heavy atom. The van der Waals surface area contributed by atoms with E-state index < -0.39 is 0 Å². The molecule has 1 aromatic heterocycles. The van der Waals surface area contributed by atoms with E-state index in [1.165, 1.54) is 8.66 Å². The molecule has 2 heterocycles. The molecular weight excluding hydrogens is 288 g/mol. The van der Waals surface area contributed by atoms with Gasteiger partial charge in [-0.3, -0.25) is 4.79 Å². The first-order chi connectivity index (χ1) is 7.74. The quantitative estimate of drug-likeness (QED) is 0.816. The third kappa shape index (κ3) is 3.57. The number of hydrogen-bond donors (Lipinski definition) is 2. The summed E-state index contributed by atoms with van der Waals surface area (Å²) in [5.74, 6) is 0.189. The molecule has 2 N–H and O–H groups in total. The Kier molecular flexibility index (Phi) is 4.37. The van der Waals surface area contributed by atoms with Crippen molar-refractivity contribution < 1.29 is 4.79 Å². The molecular formula is C11H15BrN2OS. The van der Waals surface area contributed by atoms with E-state index in [1.54, 1.807) is 11.3 Å². The number of amides is 1. The second kappa shape index (κ2) is 5.80. The average molecular weight is 303 g/mol. The third-order valence-electron chi connectivity index (χ3n) is 2.65. The molecule has 3 nitrogen and oxygen atoms in total. The molecule has 1 aliphatic rings. The standard InChI is InChI=1S/C11H15BrN2OS/c12-10-3-2-9(16-10)5-6-13-7-8-1-4-11(15)14-8/h2-3,8,13H,1,4-7H2,(H,14,15). The van der Waals surface area contributed by atoms with Crippen LogP contribution in [0.3, 0.4) is 0 Å². The second-order valence-corrected chi connectivity index (χ2v) is 6.51. The Balaban J connectivity index is 1.60. The van der Waals surface area contributed by atoms with Crippen LogP contribution >= 0.6 is 27.3 Å². The lowest BCUT2D eigenvalue weighted by atomic mass is 10.2. The largest absolute Gasteiger partial charge is 0.352 e. The SMILES string of the molecule is O=C1CCC(CNCCc2ccc(Br)s2)N1. The van der Waals surface area contributed by atoms with Crippen LogP contribution in [0.15, 0.2) is 15.9 Å². The second-order valence-electron chi connectivity index (χ2n) is 3.96. The van der Waals surface area contributed by atoms with E-state index in [4.69, 9.17) is 0 Å². The van der Waals surface area contributed by atoms with Crippen molar-refractivity contribution in [2.24, 2.45) is 0 Å². The minimum absolute atomic E-state index is 0.189. The molecule has 0 spiro atoms. The number of thiophene rings is 1. The fraction of sp³-hybridized carbons (Fsp3) is 0.545. The summed E-state index contributed by atoms with van der Waals surface area (Å²) in [5, 5.41) is 6.33. The molecule has 1 amide bonds. The Hall–Kier alpha value is -0.390. The predicted molar refractivity (Wildman–Crippen MR) is 69.8 cm³/mol. The molecule has 0 saturated carbocycles. The molecule has 1 atom stereocenters. The van der Waals surface area contributed by atoms with Crippen LogP contribution in [0.25, 0.3) is 0 Å². The zero-order valence-electron chi connectivity index (χ0n) is 8.96. The van der Waals surface area contributed by atoms with E-state index in [2.05, 4.69) is 38.7 Å². The van der Waals surface area contributed by atoms with Gasteiger partial charge in [-0.2, -0.15) is 0 Å². The summed E-state index contributed by atoms with van der Waals surface area (Å²) in [7, 11) is 0. The maximum absolute atomic E-state index is 11.0. The minimum Gasteiger partial charge on any atom is -0.352 e. The number of nitrogens with one attached hydrogen (secondary N) is 2. The average Bonchev–Trinajstić information content (AvgIpc) is 2.83. The van der Waals surface area contributed by atoms with E-state index in [1.807, 2.05) is 0 Å². The van der Waals surface area contributed by atoms with Gasteiger partial charge in [0, 0.05) is 30.4 Å². The molecule has 88 valence electrons. The summed E-state index contributed by atoms with van der Waals surface area (Å²) in [4.78, 5) is 12.4. The normalized spacial score (nSPS) is 20.1. The van der Waals surface area contributed by atoms with Gasteiger partial charge in [-0.15, -0.1) is 11.3 Å². The predicted octanol–water partition coefficient (Wildman–Crippen LogP) is 1.92. The zero-order chi connectivity index (χ0) is 11.4. The third-order valence-corrected chi connectivity index (χ3v) is 4.34.